The van der Waals surface area contributed by atoms with Crippen LogP contribution in [0.2, 0.25) is 0 Å². The summed E-state index contributed by atoms with van der Waals surface area (Å²) in [5, 5.41) is 4.37. The van der Waals surface area contributed by atoms with E-state index in [1.165, 1.54) is 10.7 Å². The molecule has 0 N–H and O–H groups in total. The maximum absolute atomic E-state index is 14.4. The molecule has 0 spiro atoms. The second kappa shape index (κ2) is 7.02. The van der Waals surface area contributed by atoms with Gasteiger partial charge in [-0.25, -0.2) is 9.07 Å². The van der Waals surface area contributed by atoms with E-state index >= 15 is 0 Å². The van der Waals surface area contributed by atoms with E-state index in [1.54, 1.807) is 24.4 Å². The highest BCUT2D eigenvalue weighted by atomic mass is 19.1. The Hall–Kier alpha value is -2.89. The van der Waals surface area contributed by atoms with E-state index in [2.05, 4.69) is 18.9 Å². The second-order valence-electron chi connectivity index (χ2n) is 7.49. The Kier molecular flexibility index (Phi) is 4.56. The van der Waals surface area contributed by atoms with Crippen molar-refractivity contribution in [2.45, 2.75) is 20.3 Å². The number of likely N-dealkylation sites (tertiary alicyclic amines) is 1. The first-order valence-corrected chi connectivity index (χ1v) is 9.30. The number of nitrogens with zero attached hydrogens (tertiary/aromatic N) is 4. The lowest BCUT2D eigenvalue weighted by Crippen LogP contribution is -2.42. The summed E-state index contributed by atoms with van der Waals surface area (Å²) in [7, 11) is 0. The molecule has 140 valence electrons. The Morgan fingerprint density at radius 2 is 1.74 bits per heavy atom. The Labute approximate surface area is 158 Å². The standard InChI is InChI=1S/C21H23FN4O/c1-15-11-16(2)14-25(13-15)21(27)17-12-23-26(19-8-4-3-7-18(19)22)20(17)24-9-5-6-10-24/h3-10,12,15-16H,11,13-14H2,1-2H3. The fraction of sp³-hybridized carbons (Fsp3) is 0.333. The molecule has 0 aliphatic carbocycles. The fourth-order valence-corrected chi connectivity index (χ4v) is 4.02. The second-order valence-corrected chi connectivity index (χ2v) is 7.49. The summed E-state index contributed by atoms with van der Waals surface area (Å²) in [5.74, 6) is 1.05. The van der Waals surface area contributed by atoms with E-state index in [9.17, 15) is 9.18 Å². The maximum atomic E-state index is 14.4. The number of amides is 1. The zero-order valence-corrected chi connectivity index (χ0v) is 15.5. The minimum atomic E-state index is -0.381. The number of hydrogen-bond donors (Lipinski definition) is 0. The predicted octanol–water partition coefficient (Wildman–Crippen LogP) is 3.92. The van der Waals surface area contributed by atoms with E-state index in [-0.39, 0.29) is 11.7 Å². The molecule has 27 heavy (non-hydrogen) atoms. The van der Waals surface area contributed by atoms with Crippen molar-refractivity contribution in [1.82, 2.24) is 19.2 Å². The molecule has 3 aromatic rings. The van der Waals surface area contributed by atoms with Crippen molar-refractivity contribution in [3.8, 4) is 11.5 Å². The lowest BCUT2D eigenvalue weighted by Gasteiger charge is -2.35. The average Bonchev–Trinajstić information content (AvgIpc) is 3.30. The number of benzene rings is 1. The molecule has 2 aromatic heterocycles. The molecule has 1 aliphatic heterocycles. The van der Waals surface area contributed by atoms with Crippen molar-refractivity contribution in [2.75, 3.05) is 13.1 Å². The van der Waals surface area contributed by atoms with Crippen LogP contribution < -0.4 is 0 Å². The van der Waals surface area contributed by atoms with Crippen LogP contribution in [0.15, 0.2) is 55.0 Å². The van der Waals surface area contributed by atoms with E-state index in [0.29, 0.717) is 28.9 Å². The molecule has 4 rings (SSSR count). The monoisotopic (exact) mass is 366 g/mol. The van der Waals surface area contributed by atoms with Crippen LogP contribution >= 0.6 is 0 Å². The lowest BCUT2D eigenvalue weighted by atomic mass is 9.91. The van der Waals surface area contributed by atoms with Gasteiger partial charge >= 0.3 is 0 Å². The lowest BCUT2D eigenvalue weighted by molar-refractivity contribution is 0.0623. The average molecular weight is 366 g/mol. The van der Waals surface area contributed by atoms with E-state index in [4.69, 9.17) is 0 Å². The molecule has 3 heterocycles. The smallest absolute Gasteiger partial charge is 0.259 e. The van der Waals surface area contributed by atoms with E-state index in [0.717, 1.165) is 19.5 Å². The number of piperidine rings is 1. The maximum Gasteiger partial charge on any atom is 0.259 e. The van der Waals surface area contributed by atoms with Gasteiger partial charge in [0.1, 0.15) is 17.1 Å². The van der Waals surface area contributed by atoms with Crippen molar-refractivity contribution in [3.05, 3.63) is 66.4 Å². The molecule has 1 aromatic carbocycles. The number of carbonyl (C=O) groups excluding carboxylic acids is 1. The third-order valence-corrected chi connectivity index (χ3v) is 5.06. The number of carbonyl (C=O) groups is 1. The minimum absolute atomic E-state index is 0.0558. The third-order valence-electron chi connectivity index (χ3n) is 5.06. The molecule has 0 saturated carbocycles. The number of rotatable bonds is 3. The van der Waals surface area contributed by atoms with Gasteiger partial charge in [0.25, 0.3) is 5.91 Å². The molecule has 0 bridgehead atoms. The first-order chi connectivity index (χ1) is 13.0. The topological polar surface area (TPSA) is 43.1 Å². The van der Waals surface area contributed by atoms with Gasteiger partial charge in [-0.15, -0.1) is 0 Å². The SMILES string of the molecule is CC1CC(C)CN(C(=O)c2cnn(-c3ccccc3F)c2-n2cccc2)C1. The van der Waals surface area contributed by atoms with Gasteiger partial charge < -0.3 is 9.47 Å². The number of aromatic nitrogens is 3. The van der Waals surface area contributed by atoms with Crippen LogP contribution in [0.4, 0.5) is 4.39 Å². The number of para-hydroxylation sites is 1. The van der Waals surface area contributed by atoms with Crippen molar-refractivity contribution in [3.63, 3.8) is 0 Å². The van der Waals surface area contributed by atoms with Crippen molar-refractivity contribution >= 4 is 5.91 Å². The summed E-state index contributed by atoms with van der Waals surface area (Å²) in [5.41, 5.74) is 0.802. The molecule has 1 aliphatic rings. The van der Waals surface area contributed by atoms with Gasteiger partial charge in [0.05, 0.1) is 6.20 Å². The summed E-state index contributed by atoms with van der Waals surface area (Å²) in [6.45, 7) is 5.81. The zero-order valence-electron chi connectivity index (χ0n) is 15.5. The highest BCUT2D eigenvalue weighted by Gasteiger charge is 2.30. The first kappa shape index (κ1) is 17.5. The van der Waals surface area contributed by atoms with Gasteiger partial charge in [-0.1, -0.05) is 26.0 Å². The molecule has 6 heteroatoms. The van der Waals surface area contributed by atoms with Gasteiger partial charge in [0.2, 0.25) is 0 Å². The van der Waals surface area contributed by atoms with E-state index < -0.39 is 0 Å². The van der Waals surface area contributed by atoms with E-state index in [1.807, 2.05) is 34.0 Å². The molecule has 0 radical (unpaired) electrons. The van der Waals surface area contributed by atoms with Gasteiger partial charge in [0.15, 0.2) is 5.82 Å². The van der Waals surface area contributed by atoms with Crippen LogP contribution in [0.25, 0.3) is 11.5 Å². The molecular weight excluding hydrogens is 343 g/mol. The van der Waals surface area contributed by atoms with Crippen LogP contribution in [0.1, 0.15) is 30.6 Å². The molecule has 2 unspecified atom stereocenters. The van der Waals surface area contributed by atoms with Gasteiger partial charge in [-0.2, -0.15) is 5.10 Å². The third kappa shape index (κ3) is 3.27. The highest BCUT2D eigenvalue weighted by Crippen LogP contribution is 2.26. The molecule has 1 saturated heterocycles. The quantitative estimate of drug-likeness (QED) is 0.705. The first-order valence-electron chi connectivity index (χ1n) is 9.30. The van der Waals surface area contributed by atoms with Gasteiger partial charge in [-0.05, 0) is 42.5 Å². The summed E-state index contributed by atoms with van der Waals surface area (Å²) in [6.07, 6.45) is 6.36. The van der Waals surface area contributed by atoms with Crippen molar-refractivity contribution in [1.29, 1.82) is 0 Å². The number of halogens is 1. The molecule has 2 atom stereocenters. The summed E-state index contributed by atoms with van der Waals surface area (Å²) >= 11 is 0. The normalized spacial score (nSPS) is 20.0. The predicted molar refractivity (Wildman–Crippen MR) is 102 cm³/mol. The molecule has 1 amide bonds. The van der Waals surface area contributed by atoms with Crippen molar-refractivity contribution < 1.29 is 9.18 Å². The van der Waals surface area contributed by atoms with Crippen LogP contribution in [-0.2, 0) is 0 Å². The van der Waals surface area contributed by atoms with Crippen LogP contribution in [0, 0.1) is 17.7 Å². The molecule has 1 fully saturated rings. The Balaban J connectivity index is 1.80. The van der Waals surface area contributed by atoms with Gasteiger partial charge in [-0.3, -0.25) is 4.79 Å². The Morgan fingerprint density at radius 1 is 1.07 bits per heavy atom. The molecule has 5 nitrogen and oxygen atoms in total. The zero-order chi connectivity index (χ0) is 19.0. The van der Waals surface area contributed by atoms with Crippen LogP contribution in [-0.4, -0.2) is 38.2 Å². The molecular formula is C21H23FN4O. The highest BCUT2D eigenvalue weighted by molar-refractivity contribution is 5.97. The van der Waals surface area contributed by atoms with Crippen LogP contribution in [0.5, 0.6) is 0 Å². The Bertz CT molecular complexity index is 937. The summed E-state index contributed by atoms with van der Waals surface area (Å²) in [4.78, 5) is 15.2. The summed E-state index contributed by atoms with van der Waals surface area (Å²) in [6, 6.07) is 10.2. The van der Waals surface area contributed by atoms with Gasteiger partial charge in [0, 0.05) is 25.5 Å². The largest absolute Gasteiger partial charge is 0.338 e. The summed E-state index contributed by atoms with van der Waals surface area (Å²) < 4.78 is 17.7. The number of hydrogen-bond acceptors (Lipinski definition) is 2. The minimum Gasteiger partial charge on any atom is -0.338 e. The fourth-order valence-electron chi connectivity index (χ4n) is 4.02. The Morgan fingerprint density at radius 3 is 2.41 bits per heavy atom. The van der Waals surface area contributed by atoms with Crippen LogP contribution in [0.3, 0.4) is 0 Å². The van der Waals surface area contributed by atoms with Crippen molar-refractivity contribution in [2.24, 2.45) is 11.8 Å².